The van der Waals surface area contributed by atoms with E-state index in [4.69, 9.17) is 14.2 Å². The highest BCUT2D eigenvalue weighted by Crippen LogP contribution is 2.69. The molecule has 314 valence electrons. The van der Waals surface area contributed by atoms with E-state index in [2.05, 4.69) is 12.2 Å². The van der Waals surface area contributed by atoms with E-state index in [1.54, 1.807) is 60.7 Å². The molecule has 3 aromatic rings. The van der Waals surface area contributed by atoms with Gasteiger partial charge in [0.2, 0.25) is 0 Å². The number of hydrogen-bond acceptors (Lipinski definition) is 8. The maximum Gasteiger partial charge on any atom is 0.343 e. The van der Waals surface area contributed by atoms with Gasteiger partial charge >= 0.3 is 11.9 Å². The predicted octanol–water partition coefficient (Wildman–Crippen LogP) is 11.6. The smallest absolute Gasteiger partial charge is 0.343 e. The normalized spacial score (nSPS) is 23.6. The number of ether oxygens (including phenoxy) is 3. The van der Waals surface area contributed by atoms with Crippen molar-refractivity contribution in [3.05, 3.63) is 142 Å². The van der Waals surface area contributed by atoms with E-state index in [9.17, 15) is 9.59 Å². The van der Waals surface area contributed by atoms with Crippen LogP contribution in [0.3, 0.4) is 0 Å². The molecule has 60 heavy (non-hydrogen) atoms. The Balaban J connectivity index is 1.58. The molecule has 1 heterocycles. The zero-order valence-electron chi connectivity index (χ0n) is 36.7. The molecule has 1 saturated heterocycles. The van der Waals surface area contributed by atoms with Crippen molar-refractivity contribution in [1.29, 1.82) is 0 Å². The van der Waals surface area contributed by atoms with Crippen LogP contribution in [-0.2, 0) is 14.3 Å². The molecule has 2 fully saturated rings. The van der Waals surface area contributed by atoms with Gasteiger partial charge in [0.05, 0.1) is 16.5 Å². The first-order valence-corrected chi connectivity index (χ1v) is 20.9. The Bertz CT molecular complexity index is 2320. The zero-order chi connectivity index (χ0) is 43.8. The summed E-state index contributed by atoms with van der Waals surface area (Å²) in [5.41, 5.74) is -0.943. The van der Waals surface area contributed by atoms with Gasteiger partial charge in [-0.1, -0.05) is 85.2 Å². The molecule has 1 aliphatic heterocycles. The number of carbonyl (C=O) groups excluding carboxylic acids is 5. The Labute approximate surface area is 354 Å². The molecular weight excluding hydrogens is 753 g/mol. The number of hydrogen-bond donors (Lipinski definition) is 0. The van der Waals surface area contributed by atoms with Crippen LogP contribution in [0.25, 0.3) is 0 Å². The number of Topliss-reactive ketones (excluding diaryl/α,β-unsaturated/α-hetero) is 3. The van der Waals surface area contributed by atoms with Gasteiger partial charge in [0.15, 0.2) is 28.8 Å². The third kappa shape index (κ3) is 8.01. The first kappa shape index (κ1) is 43.9. The lowest BCUT2D eigenvalue weighted by Gasteiger charge is -2.64. The number of carbonyl (C=O) groups is 5. The Morgan fingerprint density at radius 1 is 0.650 bits per heavy atom. The Morgan fingerprint density at radius 3 is 1.68 bits per heavy atom. The van der Waals surface area contributed by atoms with E-state index in [1.807, 2.05) is 75.3 Å². The van der Waals surface area contributed by atoms with Crippen LogP contribution in [0.2, 0.25) is 0 Å². The van der Waals surface area contributed by atoms with Gasteiger partial charge in [-0.3, -0.25) is 14.4 Å². The van der Waals surface area contributed by atoms with Gasteiger partial charge < -0.3 is 14.2 Å². The minimum atomic E-state index is -1.59. The molecular formula is C52H58O8. The Kier molecular flexibility index (Phi) is 12.3. The van der Waals surface area contributed by atoms with Gasteiger partial charge in [0.25, 0.3) is 0 Å². The lowest BCUT2D eigenvalue weighted by molar-refractivity contribution is -0.188. The van der Waals surface area contributed by atoms with E-state index < -0.39 is 45.4 Å². The van der Waals surface area contributed by atoms with E-state index in [0.29, 0.717) is 25.7 Å². The fraction of sp³-hybridized carbons (Fsp3) is 0.404. The number of allylic oxidation sites excluding steroid dienone is 8. The number of fused-ring (bicyclic) bond motifs is 1. The van der Waals surface area contributed by atoms with Crippen LogP contribution in [0.15, 0.2) is 125 Å². The van der Waals surface area contributed by atoms with Crippen LogP contribution in [-0.4, -0.2) is 34.9 Å². The lowest BCUT2D eigenvalue weighted by atomic mass is 9.39. The fourth-order valence-electron chi connectivity index (χ4n) is 9.33. The molecule has 0 aromatic heterocycles. The minimum Gasteiger partial charge on any atom is -0.490 e. The van der Waals surface area contributed by atoms with Gasteiger partial charge in [0, 0.05) is 11.5 Å². The number of benzene rings is 3. The predicted molar refractivity (Wildman–Crippen MR) is 233 cm³/mol. The second kappa shape index (κ2) is 16.8. The third-order valence-electron chi connectivity index (χ3n) is 13.1. The summed E-state index contributed by atoms with van der Waals surface area (Å²) < 4.78 is 18.6. The summed E-state index contributed by atoms with van der Waals surface area (Å²) in [5, 5.41) is 0. The highest BCUT2D eigenvalue weighted by Gasteiger charge is 2.74. The van der Waals surface area contributed by atoms with Crippen LogP contribution in [0, 0.1) is 28.1 Å². The van der Waals surface area contributed by atoms with E-state index >= 15 is 14.4 Å². The largest absolute Gasteiger partial charge is 0.490 e. The van der Waals surface area contributed by atoms with Crippen LogP contribution < -0.4 is 9.47 Å². The van der Waals surface area contributed by atoms with Crippen molar-refractivity contribution in [2.75, 3.05) is 0 Å². The standard InChI is InChI=1S/C52H58O8/c1-32(2)21-24-38-30-51-31-39(25-22-33(3)4)50(9,10)60-45(51)42(44(54)52(48(51)57,49(38,7)8)28-27-34(5)6)43(53)37-23-26-40(58-46(55)35-17-13-11-14-18-35)41(29-37)59-47(56)36-19-15-12-16-20-36/h11-23,26-27,29,38-39H,24-25,28,30-31H2,1-10H3/t38-,39+,51+,52+/m1/s1. The molecule has 8 nitrogen and oxygen atoms in total. The second-order valence-corrected chi connectivity index (χ2v) is 18.6. The van der Waals surface area contributed by atoms with Crippen molar-refractivity contribution in [2.45, 2.75) is 107 Å². The van der Waals surface area contributed by atoms with Crippen molar-refractivity contribution in [3.8, 4) is 11.5 Å². The first-order valence-electron chi connectivity index (χ1n) is 20.9. The molecule has 1 saturated carbocycles. The molecule has 0 N–H and O–H groups in total. The second-order valence-electron chi connectivity index (χ2n) is 18.6. The lowest BCUT2D eigenvalue weighted by Crippen LogP contribution is -2.69. The first-order chi connectivity index (χ1) is 28.2. The molecule has 2 bridgehead atoms. The van der Waals surface area contributed by atoms with Crippen molar-refractivity contribution in [1.82, 2.24) is 0 Å². The van der Waals surface area contributed by atoms with Gasteiger partial charge in [-0.2, -0.15) is 0 Å². The molecule has 0 unspecified atom stereocenters. The molecule has 1 spiro atoms. The monoisotopic (exact) mass is 810 g/mol. The summed E-state index contributed by atoms with van der Waals surface area (Å²) in [5.74, 6) is -3.18. The van der Waals surface area contributed by atoms with E-state index in [0.717, 1.165) is 16.7 Å². The van der Waals surface area contributed by atoms with Crippen LogP contribution in [0.5, 0.6) is 11.5 Å². The van der Waals surface area contributed by atoms with Crippen LogP contribution in [0.4, 0.5) is 0 Å². The Hall–Kier alpha value is -5.63. The van der Waals surface area contributed by atoms with E-state index in [-0.39, 0.29) is 63.6 Å². The van der Waals surface area contributed by atoms with Gasteiger partial charge in [-0.05, 0) is 141 Å². The zero-order valence-corrected chi connectivity index (χ0v) is 36.7. The molecule has 6 rings (SSSR count). The number of ketones is 3. The average Bonchev–Trinajstić information content (AvgIpc) is 3.19. The fourth-order valence-corrected chi connectivity index (χ4v) is 9.33. The van der Waals surface area contributed by atoms with Crippen molar-refractivity contribution in [3.63, 3.8) is 0 Å². The van der Waals surface area contributed by atoms with Crippen molar-refractivity contribution >= 4 is 29.3 Å². The topological polar surface area (TPSA) is 113 Å². The molecule has 3 aliphatic rings. The van der Waals surface area contributed by atoms with E-state index in [1.165, 1.54) is 18.2 Å². The maximum atomic E-state index is 15.8. The summed E-state index contributed by atoms with van der Waals surface area (Å²) >= 11 is 0. The molecule has 0 amide bonds. The SMILES string of the molecule is CC(C)=CC[C@H]1C[C@@]23C[C@@H](CC=C(C)C)C(C)(C)[C@@](CC=C(C)C)(C(=O)C(C(=O)c4ccc(OC(=O)c5ccccc5)c(OC(=O)c5ccccc5)c4)=C2OC1(C)C)C3=O. The summed E-state index contributed by atoms with van der Waals surface area (Å²) in [7, 11) is 0. The summed E-state index contributed by atoms with van der Waals surface area (Å²) in [6, 6.07) is 20.8. The molecule has 3 aromatic carbocycles. The maximum absolute atomic E-state index is 15.8. The van der Waals surface area contributed by atoms with Gasteiger partial charge in [-0.25, -0.2) is 9.59 Å². The molecule has 2 aliphatic carbocycles. The highest BCUT2D eigenvalue weighted by molar-refractivity contribution is 6.35. The van der Waals surface area contributed by atoms with Gasteiger partial charge in [-0.15, -0.1) is 0 Å². The Morgan fingerprint density at radius 2 is 1.15 bits per heavy atom. The van der Waals surface area contributed by atoms with Crippen molar-refractivity contribution < 1.29 is 38.2 Å². The summed E-state index contributed by atoms with van der Waals surface area (Å²) in [6.45, 7) is 20.0. The third-order valence-corrected chi connectivity index (χ3v) is 13.1. The van der Waals surface area contributed by atoms with Crippen LogP contribution >= 0.6 is 0 Å². The van der Waals surface area contributed by atoms with Crippen molar-refractivity contribution in [2.24, 2.45) is 28.1 Å². The number of esters is 2. The van der Waals surface area contributed by atoms with Gasteiger partial charge in [0.1, 0.15) is 22.3 Å². The quantitative estimate of drug-likeness (QED) is 0.0444. The molecule has 8 heteroatoms. The number of rotatable bonds is 12. The highest BCUT2D eigenvalue weighted by atomic mass is 16.6. The minimum absolute atomic E-state index is 0.00752. The summed E-state index contributed by atoms with van der Waals surface area (Å²) in [4.78, 5) is 73.7. The molecule has 4 atom stereocenters. The molecule has 0 radical (unpaired) electrons. The van der Waals surface area contributed by atoms with Crippen LogP contribution in [0.1, 0.15) is 132 Å². The summed E-state index contributed by atoms with van der Waals surface area (Å²) in [6.07, 6.45) is 8.58. The average molecular weight is 811 g/mol.